The molecule has 5 heteroatoms. The third-order valence-corrected chi connectivity index (χ3v) is 6.90. The Hall–Kier alpha value is -1.39. The molecule has 0 unspecified atom stereocenters. The second-order valence-electron chi connectivity index (χ2n) is 8.65. The van der Waals surface area contributed by atoms with Crippen LogP contribution in [0.4, 0.5) is 0 Å². The maximum atomic E-state index is 13.3. The van der Waals surface area contributed by atoms with Crippen molar-refractivity contribution in [3.63, 3.8) is 0 Å². The van der Waals surface area contributed by atoms with E-state index in [4.69, 9.17) is 0 Å². The van der Waals surface area contributed by atoms with Gasteiger partial charge >= 0.3 is 0 Å². The van der Waals surface area contributed by atoms with Gasteiger partial charge in [0.15, 0.2) is 5.82 Å². The molecular weight excluding hydrogens is 288 g/mol. The molecule has 0 spiro atoms. The van der Waals surface area contributed by atoms with Crippen LogP contribution in [0.5, 0.6) is 0 Å². The van der Waals surface area contributed by atoms with Gasteiger partial charge in [-0.25, -0.2) is 0 Å². The average molecular weight is 314 g/mol. The molecule has 2 heterocycles. The quantitative estimate of drug-likeness (QED) is 0.861. The van der Waals surface area contributed by atoms with Crippen molar-refractivity contribution >= 4 is 5.91 Å². The second kappa shape index (κ2) is 4.81. The number of fused-ring (bicyclic) bond motifs is 1. The summed E-state index contributed by atoms with van der Waals surface area (Å²) in [6.07, 6.45) is 9.75. The Morgan fingerprint density at radius 2 is 1.83 bits per heavy atom. The number of hydrogen-bond donors (Lipinski definition) is 0. The largest absolute Gasteiger partial charge is 0.338 e. The molecule has 23 heavy (non-hydrogen) atoms. The highest BCUT2D eigenvalue weighted by atomic mass is 16.2. The van der Waals surface area contributed by atoms with E-state index in [-0.39, 0.29) is 5.41 Å². The molecule has 0 aromatic carbocycles. The Bertz CT molecular complexity index is 614. The van der Waals surface area contributed by atoms with Crippen LogP contribution in [-0.4, -0.2) is 32.6 Å². The van der Waals surface area contributed by atoms with Gasteiger partial charge < -0.3 is 9.47 Å². The van der Waals surface area contributed by atoms with Crippen molar-refractivity contribution in [1.29, 1.82) is 0 Å². The monoisotopic (exact) mass is 314 g/mol. The molecular formula is C18H26N4O. The predicted octanol–water partition coefficient (Wildman–Crippen LogP) is 2.40. The molecule has 1 aromatic heterocycles. The maximum Gasteiger partial charge on any atom is 0.228 e. The van der Waals surface area contributed by atoms with Gasteiger partial charge in [-0.2, -0.15) is 0 Å². The number of rotatable bonds is 3. The van der Waals surface area contributed by atoms with Gasteiger partial charge in [-0.3, -0.25) is 4.79 Å². The molecule has 4 aliphatic carbocycles. The van der Waals surface area contributed by atoms with Gasteiger partial charge in [0.1, 0.15) is 5.82 Å². The zero-order valence-corrected chi connectivity index (χ0v) is 14.0. The smallest absolute Gasteiger partial charge is 0.228 e. The molecule has 0 N–H and O–H groups in total. The van der Waals surface area contributed by atoms with E-state index < -0.39 is 0 Å². The summed E-state index contributed by atoms with van der Waals surface area (Å²) in [5.41, 5.74) is -0.0443. The summed E-state index contributed by atoms with van der Waals surface area (Å²) in [4.78, 5) is 15.2. The number of amides is 1. The van der Waals surface area contributed by atoms with Gasteiger partial charge in [-0.15, -0.1) is 10.2 Å². The van der Waals surface area contributed by atoms with Crippen LogP contribution in [0.2, 0.25) is 0 Å². The summed E-state index contributed by atoms with van der Waals surface area (Å²) in [5, 5.41) is 8.60. The number of aromatic nitrogens is 3. The highest BCUT2D eigenvalue weighted by molar-refractivity contribution is 5.83. The average Bonchev–Trinajstić information content (AvgIpc) is 3.10. The maximum absolute atomic E-state index is 13.3. The zero-order chi connectivity index (χ0) is 15.6. The molecule has 1 aliphatic heterocycles. The summed E-state index contributed by atoms with van der Waals surface area (Å²) in [5.74, 6) is 4.89. The number of carbonyl (C=O) groups excluding carboxylic acids is 1. The van der Waals surface area contributed by atoms with Crippen molar-refractivity contribution in [2.45, 2.75) is 64.5 Å². The Morgan fingerprint density at radius 1 is 1.17 bits per heavy atom. The highest BCUT2D eigenvalue weighted by Gasteiger charge is 2.55. The Morgan fingerprint density at radius 3 is 2.48 bits per heavy atom. The van der Waals surface area contributed by atoms with Crippen molar-refractivity contribution in [3.05, 3.63) is 11.6 Å². The summed E-state index contributed by atoms with van der Waals surface area (Å²) < 4.78 is 2.21. The minimum absolute atomic E-state index is 0.0443. The van der Waals surface area contributed by atoms with E-state index in [2.05, 4.69) is 14.8 Å². The molecule has 1 aromatic rings. The van der Waals surface area contributed by atoms with E-state index in [0.29, 0.717) is 12.5 Å². The normalized spacial score (nSPS) is 37.2. The van der Waals surface area contributed by atoms with E-state index >= 15 is 0 Å². The van der Waals surface area contributed by atoms with Gasteiger partial charge in [0.25, 0.3) is 0 Å². The molecule has 4 fully saturated rings. The molecule has 4 bridgehead atoms. The zero-order valence-electron chi connectivity index (χ0n) is 14.0. The van der Waals surface area contributed by atoms with Gasteiger partial charge in [0.2, 0.25) is 5.91 Å². The fraction of sp³-hybridized carbons (Fsp3) is 0.833. The Kier molecular flexibility index (Phi) is 2.92. The molecule has 1 amide bonds. The lowest BCUT2D eigenvalue weighted by molar-refractivity contribution is -0.157. The Labute approximate surface area is 137 Å². The van der Waals surface area contributed by atoms with Crippen LogP contribution in [0.25, 0.3) is 0 Å². The van der Waals surface area contributed by atoms with E-state index in [1.54, 1.807) is 0 Å². The van der Waals surface area contributed by atoms with Crippen LogP contribution in [0.1, 0.15) is 56.6 Å². The lowest BCUT2D eigenvalue weighted by Crippen LogP contribution is -2.53. The van der Waals surface area contributed by atoms with Crippen LogP contribution in [0.3, 0.4) is 0 Å². The molecule has 5 aliphatic rings. The first-order chi connectivity index (χ1) is 11.1. The van der Waals surface area contributed by atoms with Gasteiger partial charge in [-0.05, 0) is 62.7 Å². The summed E-state index contributed by atoms with van der Waals surface area (Å²) in [6.45, 7) is 1.63. The minimum atomic E-state index is -0.0443. The summed E-state index contributed by atoms with van der Waals surface area (Å²) in [6, 6.07) is 0. The van der Waals surface area contributed by atoms with Crippen molar-refractivity contribution in [3.8, 4) is 0 Å². The van der Waals surface area contributed by atoms with E-state index in [1.165, 1.54) is 19.3 Å². The lowest BCUT2D eigenvalue weighted by Gasteiger charge is -2.56. The van der Waals surface area contributed by atoms with Crippen LogP contribution in [0.15, 0.2) is 0 Å². The van der Waals surface area contributed by atoms with Gasteiger partial charge in [0.05, 0.1) is 12.0 Å². The van der Waals surface area contributed by atoms with Crippen molar-refractivity contribution in [2.75, 3.05) is 7.05 Å². The van der Waals surface area contributed by atoms with Crippen molar-refractivity contribution in [2.24, 2.45) is 23.2 Å². The lowest BCUT2D eigenvalue weighted by atomic mass is 9.49. The van der Waals surface area contributed by atoms with Gasteiger partial charge in [-0.1, -0.05) is 0 Å². The fourth-order valence-electron chi connectivity index (χ4n) is 6.39. The van der Waals surface area contributed by atoms with Crippen LogP contribution in [0, 0.1) is 23.2 Å². The fourth-order valence-corrected chi connectivity index (χ4v) is 6.39. The molecule has 0 radical (unpaired) electrons. The van der Waals surface area contributed by atoms with E-state index in [1.807, 2.05) is 11.9 Å². The molecule has 124 valence electrons. The minimum Gasteiger partial charge on any atom is -0.338 e. The molecule has 0 atom stereocenters. The third kappa shape index (κ3) is 2.08. The second-order valence-corrected chi connectivity index (χ2v) is 8.65. The van der Waals surface area contributed by atoms with Crippen molar-refractivity contribution < 1.29 is 4.79 Å². The molecule has 5 nitrogen and oxygen atoms in total. The predicted molar refractivity (Wildman–Crippen MR) is 85.4 cm³/mol. The Balaban J connectivity index is 1.36. The van der Waals surface area contributed by atoms with Crippen LogP contribution in [-0.2, 0) is 24.3 Å². The molecule has 6 rings (SSSR count). The van der Waals surface area contributed by atoms with E-state index in [9.17, 15) is 4.79 Å². The van der Waals surface area contributed by atoms with E-state index in [0.717, 1.165) is 68.1 Å². The number of hydrogen-bond acceptors (Lipinski definition) is 3. The SMILES string of the molecule is CN(Cc1nnc2n1CCC2)C(=O)C12CC3CC(CC(C3)C1)C2. The molecule has 4 saturated carbocycles. The van der Waals surface area contributed by atoms with Crippen LogP contribution < -0.4 is 0 Å². The highest BCUT2D eigenvalue weighted by Crippen LogP contribution is 2.60. The van der Waals surface area contributed by atoms with Crippen molar-refractivity contribution in [1.82, 2.24) is 19.7 Å². The third-order valence-electron chi connectivity index (χ3n) is 6.90. The number of carbonyl (C=O) groups is 1. The first-order valence-electron chi connectivity index (χ1n) is 9.29. The number of nitrogens with zero attached hydrogens (tertiary/aromatic N) is 4. The topological polar surface area (TPSA) is 51.0 Å². The number of aryl methyl sites for hydroxylation is 1. The summed E-state index contributed by atoms with van der Waals surface area (Å²) in [7, 11) is 1.97. The van der Waals surface area contributed by atoms with Gasteiger partial charge in [0, 0.05) is 20.0 Å². The first kappa shape index (κ1) is 14.0. The summed E-state index contributed by atoms with van der Waals surface area (Å²) >= 11 is 0. The van der Waals surface area contributed by atoms with Crippen LogP contribution >= 0.6 is 0 Å². The first-order valence-corrected chi connectivity index (χ1v) is 9.29. The standard InChI is InChI=1S/C18H26N4O/c1-21(11-16-20-19-15-3-2-4-22(15)16)17(23)18-8-12-5-13(9-18)7-14(6-12)10-18/h12-14H,2-11H2,1H3. The molecule has 0 saturated heterocycles.